The lowest BCUT2D eigenvalue weighted by atomic mass is 10.2. The molecule has 0 spiro atoms. The minimum Gasteiger partial charge on any atom is -0.375 e. The van der Waals surface area contributed by atoms with E-state index in [4.69, 9.17) is 28.6 Å². The molecular formula is C15H17ClN4O2S. The van der Waals surface area contributed by atoms with Crippen molar-refractivity contribution in [3.8, 4) is 11.4 Å². The molecule has 0 saturated carbocycles. The summed E-state index contributed by atoms with van der Waals surface area (Å²) in [4.78, 5) is 14.3. The van der Waals surface area contributed by atoms with Crippen LogP contribution in [0.1, 0.15) is 6.92 Å². The van der Waals surface area contributed by atoms with E-state index in [1.54, 1.807) is 21.6 Å². The molecule has 23 heavy (non-hydrogen) atoms. The average molecular weight is 353 g/mol. The Morgan fingerprint density at radius 1 is 1.48 bits per heavy atom. The lowest BCUT2D eigenvalue weighted by Gasteiger charge is -2.31. The lowest BCUT2D eigenvalue weighted by Crippen LogP contribution is -2.45. The van der Waals surface area contributed by atoms with Crippen LogP contribution >= 0.6 is 23.8 Å². The quantitative estimate of drug-likeness (QED) is 0.862. The summed E-state index contributed by atoms with van der Waals surface area (Å²) in [5.41, 5.74) is 0.852. The summed E-state index contributed by atoms with van der Waals surface area (Å²) in [6, 6.07) is 7.27. The Morgan fingerprint density at radius 2 is 2.22 bits per heavy atom. The largest absolute Gasteiger partial charge is 0.375 e. The Balaban J connectivity index is 1.83. The first kappa shape index (κ1) is 16.2. The maximum Gasteiger partial charge on any atom is 0.242 e. The van der Waals surface area contributed by atoms with Gasteiger partial charge in [-0.25, -0.2) is 0 Å². The van der Waals surface area contributed by atoms with Crippen LogP contribution in [0, 0.1) is 4.77 Å². The van der Waals surface area contributed by atoms with Crippen molar-refractivity contribution in [1.29, 1.82) is 0 Å². The average Bonchev–Trinajstić information content (AvgIpc) is 2.89. The predicted octanol–water partition coefficient (Wildman–Crippen LogP) is 2.51. The van der Waals surface area contributed by atoms with Crippen molar-refractivity contribution in [1.82, 2.24) is 19.7 Å². The van der Waals surface area contributed by atoms with Gasteiger partial charge in [0.25, 0.3) is 0 Å². The molecule has 0 radical (unpaired) electrons. The van der Waals surface area contributed by atoms with E-state index in [-0.39, 0.29) is 18.6 Å². The summed E-state index contributed by atoms with van der Waals surface area (Å²) in [5, 5.41) is 7.64. The molecular weight excluding hydrogens is 336 g/mol. The van der Waals surface area contributed by atoms with Crippen LogP contribution in [0.5, 0.6) is 0 Å². The summed E-state index contributed by atoms with van der Waals surface area (Å²) in [6.45, 7) is 3.88. The molecule has 2 heterocycles. The molecule has 1 aromatic carbocycles. The number of carbonyl (C=O) groups is 1. The Kier molecular flexibility index (Phi) is 4.79. The van der Waals surface area contributed by atoms with Gasteiger partial charge in [-0.1, -0.05) is 11.6 Å². The van der Waals surface area contributed by atoms with E-state index >= 15 is 0 Å². The molecule has 1 fully saturated rings. The van der Waals surface area contributed by atoms with E-state index in [1.807, 2.05) is 19.1 Å². The van der Waals surface area contributed by atoms with Gasteiger partial charge >= 0.3 is 0 Å². The number of H-pyrrole nitrogens is 1. The number of hydrogen-bond donors (Lipinski definition) is 1. The van der Waals surface area contributed by atoms with E-state index in [2.05, 4.69) is 10.2 Å². The van der Waals surface area contributed by atoms with Crippen LogP contribution in [-0.4, -0.2) is 51.4 Å². The molecule has 2 aromatic rings. The third-order valence-electron chi connectivity index (χ3n) is 3.75. The van der Waals surface area contributed by atoms with Gasteiger partial charge in [0.1, 0.15) is 6.54 Å². The molecule has 1 aliphatic heterocycles. The van der Waals surface area contributed by atoms with Gasteiger partial charge in [0.2, 0.25) is 5.91 Å². The monoisotopic (exact) mass is 352 g/mol. The standard InChI is InChI=1S/C15H17ClN4O2S/c1-10-8-19(6-7-22-10)13(21)9-20-14(17-18-15(20)23)11-2-4-12(16)5-3-11/h2-5,10H,6-9H2,1H3,(H,18,23). The van der Waals surface area contributed by atoms with Crippen molar-refractivity contribution in [3.05, 3.63) is 34.1 Å². The van der Waals surface area contributed by atoms with Gasteiger partial charge in [0.05, 0.1) is 12.7 Å². The fourth-order valence-corrected chi connectivity index (χ4v) is 2.89. The van der Waals surface area contributed by atoms with Gasteiger partial charge in [-0.3, -0.25) is 14.5 Å². The zero-order valence-corrected chi connectivity index (χ0v) is 14.2. The molecule has 3 rings (SSSR count). The van der Waals surface area contributed by atoms with E-state index in [0.29, 0.717) is 35.3 Å². The summed E-state index contributed by atoms with van der Waals surface area (Å²) in [6.07, 6.45) is 0.0563. The summed E-state index contributed by atoms with van der Waals surface area (Å²) >= 11 is 11.2. The van der Waals surface area contributed by atoms with Crippen LogP contribution in [-0.2, 0) is 16.1 Å². The number of hydrogen-bond acceptors (Lipinski definition) is 4. The second kappa shape index (κ2) is 6.82. The molecule has 1 amide bonds. The minimum atomic E-state index is 0.00728. The zero-order valence-electron chi connectivity index (χ0n) is 12.7. The number of carbonyl (C=O) groups excluding carboxylic acids is 1. The van der Waals surface area contributed by atoms with E-state index < -0.39 is 0 Å². The third kappa shape index (κ3) is 3.63. The van der Waals surface area contributed by atoms with E-state index in [0.717, 1.165) is 5.56 Å². The number of morpholine rings is 1. The smallest absolute Gasteiger partial charge is 0.242 e. The van der Waals surface area contributed by atoms with Crippen LogP contribution < -0.4 is 0 Å². The van der Waals surface area contributed by atoms with Crippen molar-refractivity contribution in [2.24, 2.45) is 0 Å². The second-order valence-corrected chi connectivity index (χ2v) is 6.29. The second-order valence-electron chi connectivity index (χ2n) is 5.47. The van der Waals surface area contributed by atoms with Gasteiger partial charge in [0.15, 0.2) is 10.6 Å². The van der Waals surface area contributed by atoms with Crippen molar-refractivity contribution in [2.75, 3.05) is 19.7 Å². The molecule has 0 aliphatic carbocycles. The van der Waals surface area contributed by atoms with E-state index in [9.17, 15) is 4.79 Å². The first-order valence-corrected chi connectivity index (χ1v) is 8.14. The molecule has 1 unspecified atom stereocenters. The summed E-state index contributed by atoms with van der Waals surface area (Å²) in [5.74, 6) is 0.634. The lowest BCUT2D eigenvalue weighted by molar-refractivity contribution is -0.138. The zero-order chi connectivity index (χ0) is 16.4. The molecule has 1 aromatic heterocycles. The minimum absolute atomic E-state index is 0.00728. The fourth-order valence-electron chi connectivity index (χ4n) is 2.56. The Bertz CT molecular complexity index is 756. The van der Waals surface area contributed by atoms with E-state index in [1.165, 1.54) is 0 Å². The van der Waals surface area contributed by atoms with Gasteiger partial charge in [-0.15, -0.1) is 0 Å². The van der Waals surface area contributed by atoms with Crippen molar-refractivity contribution in [2.45, 2.75) is 19.6 Å². The SMILES string of the molecule is CC1CN(C(=O)Cn2c(-c3ccc(Cl)cc3)n[nH]c2=S)CCO1. The molecule has 0 bridgehead atoms. The molecule has 1 atom stereocenters. The normalized spacial score (nSPS) is 18.2. The predicted molar refractivity (Wildman–Crippen MR) is 89.9 cm³/mol. The maximum absolute atomic E-state index is 12.5. The Labute approximate surface area is 144 Å². The number of nitrogens with zero attached hydrogens (tertiary/aromatic N) is 3. The highest BCUT2D eigenvalue weighted by molar-refractivity contribution is 7.71. The Hall–Kier alpha value is -1.70. The van der Waals surface area contributed by atoms with Crippen molar-refractivity contribution in [3.63, 3.8) is 0 Å². The van der Waals surface area contributed by atoms with Crippen molar-refractivity contribution < 1.29 is 9.53 Å². The number of amides is 1. The van der Waals surface area contributed by atoms with Crippen molar-refractivity contribution >= 4 is 29.7 Å². The topological polar surface area (TPSA) is 63.2 Å². The third-order valence-corrected chi connectivity index (χ3v) is 4.31. The van der Waals surface area contributed by atoms with Gasteiger partial charge in [-0.05, 0) is 43.4 Å². The summed E-state index contributed by atoms with van der Waals surface area (Å²) < 4.78 is 7.60. The highest BCUT2D eigenvalue weighted by Gasteiger charge is 2.22. The van der Waals surface area contributed by atoms with Gasteiger partial charge in [-0.2, -0.15) is 5.10 Å². The highest BCUT2D eigenvalue weighted by Crippen LogP contribution is 2.20. The van der Waals surface area contributed by atoms with Crippen LogP contribution in [0.15, 0.2) is 24.3 Å². The van der Waals surface area contributed by atoms with Crippen LogP contribution in [0.2, 0.25) is 5.02 Å². The number of rotatable bonds is 3. The fraction of sp³-hybridized carbons (Fsp3) is 0.400. The molecule has 8 heteroatoms. The molecule has 1 saturated heterocycles. The molecule has 6 nitrogen and oxygen atoms in total. The number of aromatic amines is 1. The number of nitrogens with one attached hydrogen (secondary N) is 1. The summed E-state index contributed by atoms with van der Waals surface area (Å²) in [7, 11) is 0. The van der Waals surface area contributed by atoms with Crippen LogP contribution in [0.4, 0.5) is 0 Å². The van der Waals surface area contributed by atoms with Crippen LogP contribution in [0.3, 0.4) is 0 Å². The maximum atomic E-state index is 12.5. The number of aromatic nitrogens is 3. The number of benzene rings is 1. The highest BCUT2D eigenvalue weighted by atomic mass is 35.5. The first-order chi connectivity index (χ1) is 11.0. The van der Waals surface area contributed by atoms with Gasteiger partial charge < -0.3 is 9.64 Å². The first-order valence-electron chi connectivity index (χ1n) is 7.35. The number of ether oxygens (including phenoxy) is 1. The van der Waals surface area contributed by atoms with Gasteiger partial charge in [0, 0.05) is 23.7 Å². The number of halogens is 1. The Morgan fingerprint density at radius 3 is 2.91 bits per heavy atom. The molecule has 1 aliphatic rings. The van der Waals surface area contributed by atoms with Crippen LogP contribution in [0.25, 0.3) is 11.4 Å². The molecule has 122 valence electrons. The molecule has 1 N–H and O–H groups in total.